The Balaban J connectivity index is 1.44. The lowest BCUT2D eigenvalue weighted by atomic mass is 9.48. The molecule has 0 aromatic carbocycles. The number of rotatable bonds is 8. The van der Waals surface area contributed by atoms with Crippen molar-refractivity contribution < 1.29 is 5.11 Å². The minimum atomic E-state index is -0.0324. The highest BCUT2D eigenvalue weighted by Crippen LogP contribution is 2.61. The fourth-order valence-electron chi connectivity index (χ4n) is 5.99. The van der Waals surface area contributed by atoms with Gasteiger partial charge in [0, 0.05) is 0 Å². The predicted octanol–water partition coefficient (Wildman–Crippen LogP) is 5.09. The number of allylic oxidation sites excluding steroid dienone is 1. The zero-order valence-electron chi connectivity index (χ0n) is 13.0. The van der Waals surface area contributed by atoms with Crippen LogP contribution in [0.5, 0.6) is 0 Å². The molecule has 4 fully saturated rings. The van der Waals surface area contributed by atoms with E-state index in [4.69, 9.17) is 0 Å². The first kappa shape index (κ1) is 14.6. The van der Waals surface area contributed by atoms with E-state index in [9.17, 15) is 5.11 Å². The summed E-state index contributed by atoms with van der Waals surface area (Å²) in [5.41, 5.74) is 0.551. The van der Waals surface area contributed by atoms with Gasteiger partial charge in [-0.05, 0) is 87.4 Å². The van der Waals surface area contributed by atoms with E-state index in [0.717, 1.165) is 37.0 Å². The molecule has 114 valence electrons. The SMILES string of the molecule is C=CCCCCCC(O)CC12CC3CC(CC(C3)C1)C2. The Labute approximate surface area is 124 Å². The molecule has 4 saturated carbocycles. The summed E-state index contributed by atoms with van der Waals surface area (Å²) in [5.74, 6) is 3.04. The molecular formula is C19H32O. The van der Waals surface area contributed by atoms with Gasteiger partial charge < -0.3 is 5.11 Å². The Morgan fingerprint density at radius 3 is 2.15 bits per heavy atom. The lowest BCUT2D eigenvalue weighted by Gasteiger charge is -2.57. The topological polar surface area (TPSA) is 20.2 Å². The third-order valence-electron chi connectivity index (χ3n) is 6.28. The van der Waals surface area contributed by atoms with Crippen LogP contribution in [0.4, 0.5) is 0 Å². The van der Waals surface area contributed by atoms with E-state index in [1.54, 1.807) is 0 Å². The molecule has 0 amide bonds. The maximum absolute atomic E-state index is 10.4. The van der Waals surface area contributed by atoms with E-state index >= 15 is 0 Å². The molecule has 1 heteroatoms. The van der Waals surface area contributed by atoms with Crippen LogP contribution >= 0.6 is 0 Å². The van der Waals surface area contributed by atoms with Crippen LogP contribution in [0, 0.1) is 23.2 Å². The zero-order chi connectivity index (χ0) is 14.0. The Kier molecular flexibility index (Phi) is 4.55. The van der Waals surface area contributed by atoms with E-state index in [2.05, 4.69) is 6.58 Å². The molecule has 1 unspecified atom stereocenters. The van der Waals surface area contributed by atoms with Gasteiger partial charge in [0.2, 0.25) is 0 Å². The number of aliphatic hydroxyl groups is 1. The molecule has 0 radical (unpaired) electrons. The van der Waals surface area contributed by atoms with Gasteiger partial charge in [-0.3, -0.25) is 0 Å². The average molecular weight is 276 g/mol. The second-order valence-corrected chi connectivity index (χ2v) is 8.20. The first-order chi connectivity index (χ1) is 9.69. The minimum absolute atomic E-state index is 0.0324. The van der Waals surface area contributed by atoms with E-state index in [1.807, 2.05) is 6.08 Å². The number of unbranched alkanes of at least 4 members (excludes halogenated alkanes) is 3. The highest BCUT2D eigenvalue weighted by atomic mass is 16.3. The second kappa shape index (κ2) is 6.22. The molecule has 0 spiro atoms. The van der Waals surface area contributed by atoms with Gasteiger partial charge in [0.05, 0.1) is 6.10 Å². The highest BCUT2D eigenvalue weighted by molar-refractivity contribution is 5.01. The summed E-state index contributed by atoms with van der Waals surface area (Å²) < 4.78 is 0. The molecule has 20 heavy (non-hydrogen) atoms. The molecule has 4 rings (SSSR count). The summed E-state index contributed by atoms with van der Waals surface area (Å²) in [6.45, 7) is 3.77. The van der Waals surface area contributed by atoms with Crippen molar-refractivity contribution in [3.8, 4) is 0 Å². The van der Waals surface area contributed by atoms with Crippen molar-refractivity contribution in [1.82, 2.24) is 0 Å². The molecule has 0 saturated heterocycles. The molecule has 0 heterocycles. The molecule has 1 atom stereocenters. The molecule has 1 nitrogen and oxygen atoms in total. The van der Waals surface area contributed by atoms with Crippen LogP contribution < -0.4 is 0 Å². The molecular weight excluding hydrogens is 244 g/mol. The van der Waals surface area contributed by atoms with Crippen molar-refractivity contribution in [3.63, 3.8) is 0 Å². The summed E-state index contributed by atoms with van der Waals surface area (Å²) in [6, 6.07) is 0. The fourth-order valence-corrected chi connectivity index (χ4v) is 5.99. The van der Waals surface area contributed by atoms with Crippen LogP contribution in [-0.2, 0) is 0 Å². The third-order valence-corrected chi connectivity index (χ3v) is 6.28. The molecule has 0 aromatic heterocycles. The second-order valence-electron chi connectivity index (χ2n) is 8.20. The minimum Gasteiger partial charge on any atom is -0.393 e. The highest BCUT2D eigenvalue weighted by Gasteiger charge is 2.51. The number of hydrogen-bond acceptors (Lipinski definition) is 1. The van der Waals surface area contributed by atoms with Crippen LogP contribution in [0.15, 0.2) is 12.7 Å². The Morgan fingerprint density at radius 2 is 1.60 bits per heavy atom. The van der Waals surface area contributed by atoms with Gasteiger partial charge in [0.25, 0.3) is 0 Å². The van der Waals surface area contributed by atoms with Crippen LogP contribution in [0.2, 0.25) is 0 Å². The van der Waals surface area contributed by atoms with Gasteiger partial charge in [-0.2, -0.15) is 0 Å². The maximum atomic E-state index is 10.4. The number of aliphatic hydroxyl groups excluding tert-OH is 1. The normalized spacial score (nSPS) is 40.0. The van der Waals surface area contributed by atoms with E-state index < -0.39 is 0 Å². The summed E-state index contributed by atoms with van der Waals surface area (Å²) in [6.07, 6.45) is 17.8. The summed E-state index contributed by atoms with van der Waals surface area (Å²) >= 11 is 0. The average Bonchev–Trinajstić information content (AvgIpc) is 2.36. The molecule has 4 bridgehead atoms. The summed E-state index contributed by atoms with van der Waals surface area (Å²) in [5, 5.41) is 10.4. The third kappa shape index (κ3) is 3.30. The van der Waals surface area contributed by atoms with Gasteiger partial charge in [0.1, 0.15) is 0 Å². The molecule has 1 N–H and O–H groups in total. The van der Waals surface area contributed by atoms with Gasteiger partial charge in [-0.15, -0.1) is 6.58 Å². The lowest BCUT2D eigenvalue weighted by molar-refractivity contribution is -0.0768. The van der Waals surface area contributed by atoms with E-state index in [-0.39, 0.29) is 6.10 Å². The monoisotopic (exact) mass is 276 g/mol. The van der Waals surface area contributed by atoms with E-state index in [1.165, 1.54) is 57.8 Å². The molecule has 0 aliphatic heterocycles. The maximum Gasteiger partial charge on any atom is 0.0545 e. The summed E-state index contributed by atoms with van der Waals surface area (Å²) in [4.78, 5) is 0. The predicted molar refractivity (Wildman–Crippen MR) is 84.5 cm³/mol. The standard InChI is InChI=1S/C19H32O/c1-2-3-4-5-6-7-18(20)14-19-11-15-8-16(12-19)10-17(9-15)13-19/h2,15-18,20H,1,3-14H2. The van der Waals surface area contributed by atoms with Gasteiger partial charge in [-0.1, -0.05) is 18.9 Å². The quantitative estimate of drug-likeness (QED) is 0.483. The first-order valence-corrected chi connectivity index (χ1v) is 8.98. The van der Waals surface area contributed by atoms with Crippen molar-refractivity contribution >= 4 is 0 Å². The van der Waals surface area contributed by atoms with Crippen molar-refractivity contribution in [2.75, 3.05) is 0 Å². The van der Waals surface area contributed by atoms with Crippen molar-refractivity contribution in [2.24, 2.45) is 23.2 Å². The number of hydrogen-bond donors (Lipinski definition) is 1. The Bertz CT molecular complexity index is 297. The van der Waals surface area contributed by atoms with Crippen molar-refractivity contribution in [1.29, 1.82) is 0 Å². The van der Waals surface area contributed by atoms with Crippen LogP contribution in [0.3, 0.4) is 0 Å². The van der Waals surface area contributed by atoms with Crippen LogP contribution in [-0.4, -0.2) is 11.2 Å². The smallest absolute Gasteiger partial charge is 0.0545 e. The van der Waals surface area contributed by atoms with Crippen molar-refractivity contribution in [3.05, 3.63) is 12.7 Å². The Morgan fingerprint density at radius 1 is 1.00 bits per heavy atom. The van der Waals surface area contributed by atoms with Gasteiger partial charge in [0.15, 0.2) is 0 Å². The molecule has 0 aromatic rings. The zero-order valence-corrected chi connectivity index (χ0v) is 13.0. The van der Waals surface area contributed by atoms with Crippen LogP contribution in [0.25, 0.3) is 0 Å². The largest absolute Gasteiger partial charge is 0.393 e. The van der Waals surface area contributed by atoms with E-state index in [0.29, 0.717) is 5.41 Å². The molecule has 4 aliphatic carbocycles. The first-order valence-electron chi connectivity index (χ1n) is 8.98. The van der Waals surface area contributed by atoms with Gasteiger partial charge in [-0.25, -0.2) is 0 Å². The summed E-state index contributed by atoms with van der Waals surface area (Å²) in [7, 11) is 0. The van der Waals surface area contributed by atoms with Gasteiger partial charge >= 0.3 is 0 Å². The van der Waals surface area contributed by atoms with Crippen molar-refractivity contribution in [2.45, 2.75) is 83.2 Å². The fraction of sp³-hybridized carbons (Fsp3) is 0.895. The molecule has 4 aliphatic rings. The lowest BCUT2D eigenvalue weighted by Crippen LogP contribution is -2.47. The Hall–Kier alpha value is -0.300. The van der Waals surface area contributed by atoms with Crippen LogP contribution in [0.1, 0.15) is 77.0 Å².